The summed E-state index contributed by atoms with van der Waals surface area (Å²) in [7, 11) is 0. The largest absolute Gasteiger partial charge is 0.422 e. The van der Waals surface area contributed by atoms with Crippen LogP contribution in [0.4, 0.5) is 0 Å². The summed E-state index contributed by atoms with van der Waals surface area (Å²) in [5.74, 6) is 0.534. The minimum atomic E-state index is -0.359. The van der Waals surface area contributed by atoms with Gasteiger partial charge in [-0.15, -0.1) is 11.3 Å². The maximum Gasteiger partial charge on any atom is 0.336 e. The maximum atomic E-state index is 13.0. The number of rotatable bonds is 4. The van der Waals surface area contributed by atoms with Crippen LogP contribution in [0.15, 0.2) is 37.4 Å². The molecule has 0 unspecified atom stereocenters. The molecule has 0 fully saturated rings. The Morgan fingerprint density at radius 3 is 2.62 bits per heavy atom. The van der Waals surface area contributed by atoms with Crippen LogP contribution in [0.5, 0.6) is 0 Å². The maximum absolute atomic E-state index is 13.0. The van der Waals surface area contributed by atoms with E-state index in [1.165, 1.54) is 17.8 Å². The minimum Gasteiger partial charge on any atom is -0.422 e. The second-order valence-corrected chi connectivity index (χ2v) is 9.32. The van der Waals surface area contributed by atoms with Crippen LogP contribution in [0.2, 0.25) is 0 Å². The molecule has 5 nitrogen and oxygen atoms in total. The fourth-order valence-corrected chi connectivity index (χ4v) is 5.61. The predicted octanol–water partition coefficient (Wildman–Crippen LogP) is 5.11. The minimum absolute atomic E-state index is 0.00533. The monoisotopic (exact) mass is 426 g/mol. The molecule has 0 radical (unpaired) electrons. The van der Waals surface area contributed by atoms with E-state index in [0.717, 1.165) is 42.7 Å². The van der Waals surface area contributed by atoms with Gasteiger partial charge in [0.15, 0.2) is 5.16 Å². The number of aryl methyl sites for hydroxylation is 4. The van der Waals surface area contributed by atoms with Gasteiger partial charge in [-0.2, -0.15) is 0 Å². The highest BCUT2D eigenvalue weighted by Crippen LogP contribution is 2.31. The van der Waals surface area contributed by atoms with Crippen molar-refractivity contribution in [1.82, 2.24) is 9.55 Å². The van der Waals surface area contributed by atoms with Gasteiger partial charge < -0.3 is 4.42 Å². The third-order valence-electron chi connectivity index (χ3n) is 5.44. The van der Waals surface area contributed by atoms with Crippen LogP contribution in [-0.2, 0) is 12.3 Å². The lowest BCUT2D eigenvalue weighted by atomic mass is 10.0. The first kappa shape index (κ1) is 19.9. The van der Waals surface area contributed by atoms with E-state index in [2.05, 4.69) is 0 Å². The van der Waals surface area contributed by atoms with Crippen molar-refractivity contribution in [2.24, 2.45) is 0 Å². The normalized spacial score (nSPS) is 11.6. The summed E-state index contributed by atoms with van der Waals surface area (Å²) in [5, 5.41) is 2.32. The molecule has 29 heavy (non-hydrogen) atoms. The average molecular weight is 427 g/mol. The Kier molecular flexibility index (Phi) is 5.12. The van der Waals surface area contributed by atoms with Crippen molar-refractivity contribution in [3.8, 4) is 0 Å². The predicted molar refractivity (Wildman–Crippen MR) is 121 cm³/mol. The summed E-state index contributed by atoms with van der Waals surface area (Å²) in [4.78, 5) is 31.8. The molecule has 0 aliphatic rings. The fraction of sp³-hybridized carbons (Fsp3) is 0.318. The first-order chi connectivity index (χ1) is 13.8. The first-order valence-electron chi connectivity index (χ1n) is 9.48. The molecule has 0 bridgehead atoms. The summed E-state index contributed by atoms with van der Waals surface area (Å²) < 4.78 is 7.19. The smallest absolute Gasteiger partial charge is 0.336 e. The van der Waals surface area contributed by atoms with E-state index in [1.54, 1.807) is 15.9 Å². The Labute approximate surface area is 176 Å². The third-order valence-corrected chi connectivity index (χ3v) is 7.57. The number of fused-ring (bicyclic) bond motifs is 2. The lowest BCUT2D eigenvalue weighted by Gasteiger charge is -2.11. The molecular weight excluding hydrogens is 404 g/mol. The Morgan fingerprint density at radius 1 is 1.14 bits per heavy atom. The highest BCUT2D eigenvalue weighted by molar-refractivity contribution is 7.98. The van der Waals surface area contributed by atoms with Crippen LogP contribution < -0.4 is 11.2 Å². The van der Waals surface area contributed by atoms with Crippen LogP contribution in [0, 0.1) is 27.7 Å². The quantitative estimate of drug-likeness (QED) is 0.258. The molecule has 0 saturated heterocycles. The van der Waals surface area contributed by atoms with Gasteiger partial charge in [-0.1, -0.05) is 23.9 Å². The van der Waals surface area contributed by atoms with Crippen molar-refractivity contribution in [3.05, 3.63) is 66.1 Å². The van der Waals surface area contributed by atoms with Crippen molar-refractivity contribution in [3.63, 3.8) is 0 Å². The van der Waals surface area contributed by atoms with Gasteiger partial charge in [0.1, 0.15) is 10.4 Å². The van der Waals surface area contributed by atoms with Gasteiger partial charge >= 0.3 is 5.63 Å². The van der Waals surface area contributed by atoms with Gasteiger partial charge in [0, 0.05) is 28.6 Å². The molecule has 1 aromatic carbocycles. The van der Waals surface area contributed by atoms with E-state index in [9.17, 15) is 9.59 Å². The Balaban J connectivity index is 1.80. The zero-order valence-electron chi connectivity index (χ0n) is 17.1. The van der Waals surface area contributed by atoms with Gasteiger partial charge in [-0.25, -0.2) is 9.78 Å². The Hall–Kier alpha value is -2.38. The van der Waals surface area contributed by atoms with Gasteiger partial charge in [-0.05, 0) is 56.9 Å². The van der Waals surface area contributed by atoms with Crippen molar-refractivity contribution in [2.45, 2.75) is 52.1 Å². The molecule has 150 valence electrons. The summed E-state index contributed by atoms with van der Waals surface area (Å²) in [6, 6.07) is 5.57. The molecule has 0 saturated carbocycles. The third kappa shape index (κ3) is 3.32. The van der Waals surface area contributed by atoms with E-state index in [1.807, 2.05) is 46.8 Å². The van der Waals surface area contributed by atoms with Crippen LogP contribution in [0.25, 0.3) is 21.2 Å². The number of thioether (sulfide) groups is 1. The highest BCUT2D eigenvalue weighted by Gasteiger charge is 2.17. The molecule has 0 atom stereocenters. The van der Waals surface area contributed by atoms with Crippen LogP contribution in [0.1, 0.15) is 34.1 Å². The Bertz CT molecular complexity index is 1380. The Morgan fingerprint density at radius 2 is 1.90 bits per heavy atom. The van der Waals surface area contributed by atoms with Crippen LogP contribution >= 0.6 is 23.1 Å². The highest BCUT2D eigenvalue weighted by atomic mass is 32.2. The van der Waals surface area contributed by atoms with Crippen LogP contribution in [-0.4, -0.2) is 9.55 Å². The van der Waals surface area contributed by atoms with E-state index >= 15 is 0 Å². The van der Waals surface area contributed by atoms with E-state index < -0.39 is 0 Å². The topological polar surface area (TPSA) is 65.1 Å². The zero-order valence-corrected chi connectivity index (χ0v) is 18.7. The van der Waals surface area contributed by atoms with Gasteiger partial charge in [0.2, 0.25) is 0 Å². The lowest BCUT2D eigenvalue weighted by Crippen LogP contribution is -2.22. The zero-order chi connectivity index (χ0) is 20.9. The van der Waals surface area contributed by atoms with Gasteiger partial charge in [0.05, 0.1) is 5.39 Å². The van der Waals surface area contributed by atoms with E-state index in [-0.39, 0.29) is 11.2 Å². The molecule has 3 aromatic heterocycles. The first-order valence-corrected chi connectivity index (χ1v) is 11.3. The number of nitrogens with zero attached hydrogens (tertiary/aromatic N) is 2. The molecule has 0 aliphatic heterocycles. The molecular formula is C22H22N2O3S2. The number of hydrogen-bond acceptors (Lipinski definition) is 6. The summed E-state index contributed by atoms with van der Waals surface area (Å²) in [6.07, 6.45) is 0. The standard InChI is InChI=1S/C22H22N2O3S2/c1-6-24-21(26)18-13(4)14(5)29-20(18)23-22(24)28-10-15-9-17(25)27-19-12(3)11(2)7-8-16(15)19/h7-9H,6,10H2,1-5H3. The SMILES string of the molecule is CCn1c(SCc2cc(=O)oc3c(C)c(C)ccc23)nc2sc(C)c(C)c2c1=O. The van der Waals surface area contributed by atoms with E-state index in [0.29, 0.717) is 23.0 Å². The van der Waals surface area contributed by atoms with Crippen molar-refractivity contribution >= 4 is 44.3 Å². The number of aromatic nitrogens is 2. The van der Waals surface area contributed by atoms with Crippen molar-refractivity contribution < 1.29 is 4.42 Å². The second-order valence-electron chi connectivity index (χ2n) is 7.17. The van der Waals surface area contributed by atoms with Gasteiger partial charge in [-0.3, -0.25) is 9.36 Å². The number of hydrogen-bond donors (Lipinski definition) is 0. The van der Waals surface area contributed by atoms with Crippen LogP contribution in [0.3, 0.4) is 0 Å². The molecule has 3 heterocycles. The molecule has 4 aromatic rings. The summed E-state index contributed by atoms with van der Waals surface area (Å²) in [5.41, 5.74) is 4.24. The fourth-order valence-electron chi connectivity index (χ4n) is 3.48. The van der Waals surface area contributed by atoms with Crippen molar-refractivity contribution in [2.75, 3.05) is 0 Å². The molecule has 0 amide bonds. The number of benzene rings is 1. The molecule has 7 heteroatoms. The van der Waals surface area contributed by atoms with Crippen molar-refractivity contribution in [1.29, 1.82) is 0 Å². The molecule has 0 aliphatic carbocycles. The second kappa shape index (κ2) is 7.46. The summed E-state index contributed by atoms with van der Waals surface area (Å²) in [6.45, 7) is 10.5. The number of thiophene rings is 1. The lowest BCUT2D eigenvalue weighted by molar-refractivity contribution is 0.557. The summed E-state index contributed by atoms with van der Waals surface area (Å²) >= 11 is 3.03. The van der Waals surface area contributed by atoms with Gasteiger partial charge in [0.25, 0.3) is 5.56 Å². The average Bonchev–Trinajstić information content (AvgIpc) is 2.97. The molecule has 0 spiro atoms. The molecule has 0 N–H and O–H groups in total. The van der Waals surface area contributed by atoms with E-state index in [4.69, 9.17) is 9.40 Å². The molecule has 4 rings (SSSR count).